The molecule has 2 aromatic rings. The molecular weight excluding hydrogens is 283 g/mol. The van der Waals surface area contributed by atoms with Crippen molar-refractivity contribution in [3.05, 3.63) is 48.3 Å². The summed E-state index contributed by atoms with van der Waals surface area (Å²) in [4.78, 5) is 0. The minimum absolute atomic E-state index is 0.485. The molecule has 92 valence electrons. The Balaban J connectivity index is 1.73. The zero-order valence-corrected chi connectivity index (χ0v) is 11.5. The first-order valence-corrected chi connectivity index (χ1v) is 8.32. The van der Waals surface area contributed by atoms with Crippen LogP contribution in [0.4, 0.5) is 0 Å². The van der Waals surface area contributed by atoms with Gasteiger partial charge in [-0.05, 0) is 0 Å². The molecule has 0 saturated carbocycles. The van der Waals surface area contributed by atoms with Crippen molar-refractivity contribution in [2.75, 3.05) is 0 Å². The monoisotopic (exact) mass is 298 g/mol. The molecule has 0 N–H and O–H groups in total. The maximum absolute atomic E-state index is 5.72. The van der Waals surface area contributed by atoms with Crippen molar-refractivity contribution >= 4 is 15.3 Å². The molecule has 0 radical (unpaired) electrons. The van der Waals surface area contributed by atoms with Gasteiger partial charge >= 0.3 is 105 Å². The van der Waals surface area contributed by atoms with E-state index in [1.165, 1.54) is 0 Å². The van der Waals surface area contributed by atoms with Crippen LogP contribution in [0.5, 0.6) is 0 Å². The Hall–Kier alpha value is -0.962. The van der Waals surface area contributed by atoms with E-state index in [-0.39, 0.29) is 0 Å². The third-order valence-corrected chi connectivity index (χ3v) is 4.95. The quantitative estimate of drug-likeness (QED) is 0.737. The summed E-state index contributed by atoms with van der Waals surface area (Å²) in [6.45, 7) is 3.04. The van der Waals surface area contributed by atoms with E-state index >= 15 is 0 Å². The SMILES string of the molecule is CC[As](OCc1ccco1)OCc1ccco1. The van der Waals surface area contributed by atoms with E-state index in [9.17, 15) is 0 Å². The third-order valence-electron chi connectivity index (χ3n) is 2.12. The van der Waals surface area contributed by atoms with E-state index in [2.05, 4.69) is 6.92 Å². The average Bonchev–Trinajstić information content (AvgIpc) is 3.02. The van der Waals surface area contributed by atoms with Crippen LogP contribution in [0.15, 0.2) is 45.6 Å². The van der Waals surface area contributed by atoms with Crippen LogP contribution in [0.3, 0.4) is 0 Å². The predicted octanol–water partition coefficient (Wildman–Crippen LogP) is 3.11. The summed E-state index contributed by atoms with van der Waals surface area (Å²) in [6.07, 6.45) is 3.29. The molecule has 0 bridgehead atoms. The summed E-state index contributed by atoms with van der Waals surface area (Å²) in [6, 6.07) is 7.50. The molecule has 0 saturated heterocycles. The topological polar surface area (TPSA) is 44.7 Å². The fourth-order valence-corrected chi connectivity index (χ4v) is 3.34. The van der Waals surface area contributed by atoms with Crippen LogP contribution < -0.4 is 0 Å². The Labute approximate surface area is 105 Å². The van der Waals surface area contributed by atoms with Crippen molar-refractivity contribution in [1.29, 1.82) is 0 Å². The molecule has 2 heterocycles. The van der Waals surface area contributed by atoms with Gasteiger partial charge in [-0.3, -0.25) is 0 Å². The summed E-state index contributed by atoms with van der Waals surface area (Å²) in [5.41, 5.74) is 0. The van der Waals surface area contributed by atoms with E-state index in [0.717, 1.165) is 16.7 Å². The number of hydrogen-bond acceptors (Lipinski definition) is 4. The van der Waals surface area contributed by atoms with Crippen molar-refractivity contribution in [3.8, 4) is 0 Å². The first-order chi connectivity index (χ1) is 8.38. The van der Waals surface area contributed by atoms with Crippen LogP contribution in [0.1, 0.15) is 18.4 Å². The van der Waals surface area contributed by atoms with Crippen LogP contribution in [-0.2, 0) is 20.7 Å². The Kier molecular flexibility index (Phi) is 4.92. The molecule has 4 nitrogen and oxygen atoms in total. The average molecular weight is 298 g/mol. The second-order valence-corrected chi connectivity index (χ2v) is 7.16. The molecule has 0 spiro atoms. The molecule has 0 aliphatic rings. The van der Waals surface area contributed by atoms with Gasteiger partial charge in [-0.1, -0.05) is 0 Å². The van der Waals surface area contributed by atoms with Crippen molar-refractivity contribution in [2.45, 2.75) is 25.3 Å². The van der Waals surface area contributed by atoms with Gasteiger partial charge in [0.05, 0.1) is 0 Å². The van der Waals surface area contributed by atoms with E-state index in [1.54, 1.807) is 12.5 Å². The molecule has 0 unspecified atom stereocenters. The van der Waals surface area contributed by atoms with Crippen molar-refractivity contribution in [3.63, 3.8) is 0 Å². The van der Waals surface area contributed by atoms with E-state index < -0.39 is 15.3 Å². The number of furan rings is 2. The first kappa shape index (κ1) is 12.5. The van der Waals surface area contributed by atoms with Gasteiger partial charge in [0, 0.05) is 0 Å². The molecule has 2 rings (SSSR count). The van der Waals surface area contributed by atoms with E-state index in [1.807, 2.05) is 24.3 Å². The zero-order valence-electron chi connectivity index (χ0n) is 9.67. The Bertz CT molecular complexity index is 358. The van der Waals surface area contributed by atoms with E-state index in [4.69, 9.17) is 16.3 Å². The summed E-state index contributed by atoms with van der Waals surface area (Å²) in [5, 5.41) is 0.925. The van der Waals surface area contributed by atoms with Crippen LogP contribution in [0.2, 0.25) is 5.21 Å². The van der Waals surface area contributed by atoms with Crippen LogP contribution in [0, 0.1) is 0 Å². The Morgan fingerprint density at radius 3 is 1.88 bits per heavy atom. The second-order valence-electron chi connectivity index (χ2n) is 3.35. The normalized spacial score (nSPS) is 11.2. The molecule has 2 aromatic heterocycles. The molecular formula is C12H15AsO4. The molecule has 0 aliphatic heterocycles. The maximum atomic E-state index is 5.72. The second kappa shape index (κ2) is 6.70. The van der Waals surface area contributed by atoms with Gasteiger partial charge in [0.1, 0.15) is 0 Å². The number of rotatable bonds is 7. The van der Waals surface area contributed by atoms with Crippen molar-refractivity contribution in [2.24, 2.45) is 0 Å². The summed E-state index contributed by atoms with van der Waals surface area (Å²) in [5.74, 6) is 1.67. The molecule has 0 aliphatic carbocycles. The summed E-state index contributed by atoms with van der Waals surface area (Å²) in [7, 11) is 0. The van der Waals surface area contributed by atoms with Gasteiger partial charge in [0.15, 0.2) is 0 Å². The zero-order chi connectivity index (χ0) is 11.9. The van der Waals surface area contributed by atoms with Crippen LogP contribution >= 0.6 is 0 Å². The standard InChI is InChI=1S/C12H15AsO4/c1-2-13(16-9-11-5-3-7-14-11)17-10-12-6-4-8-15-12/h3-8H,2,9-10H2,1H3. The van der Waals surface area contributed by atoms with Crippen LogP contribution in [0.25, 0.3) is 0 Å². The third kappa shape index (κ3) is 4.08. The van der Waals surface area contributed by atoms with Gasteiger partial charge in [-0.15, -0.1) is 0 Å². The van der Waals surface area contributed by atoms with Crippen molar-refractivity contribution < 1.29 is 16.3 Å². The Morgan fingerprint density at radius 2 is 1.53 bits per heavy atom. The van der Waals surface area contributed by atoms with Crippen molar-refractivity contribution in [1.82, 2.24) is 0 Å². The fourth-order valence-electron chi connectivity index (χ4n) is 1.28. The van der Waals surface area contributed by atoms with Gasteiger partial charge in [0.2, 0.25) is 0 Å². The van der Waals surface area contributed by atoms with Crippen LogP contribution in [-0.4, -0.2) is 15.3 Å². The van der Waals surface area contributed by atoms with Gasteiger partial charge in [-0.2, -0.15) is 0 Å². The molecule has 5 heteroatoms. The molecule has 0 fully saturated rings. The van der Waals surface area contributed by atoms with Gasteiger partial charge in [0.25, 0.3) is 0 Å². The first-order valence-electron chi connectivity index (χ1n) is 5.46. The molecule has 17 heavy (non-hydrogen) atoms. The summed E-state index contributed by atoms with van der Waals surface area (Å²) < 4.78 is 21.9. The van der Waals surface area contributed by atoms with Gasteiger partial charge < -0.3 is 0 Å². The number of hydrogen-bond donors (Lipinski definition) is 0. The fraction of sp³-hybridized carbons (Fsp3) is 0.333. The summed E-state index contributed by atoms with van der Waals surface area (Å²) >= 11 is -1.69. The van der Waals surface area contributed by atoms with E-state index in [0.29, 0.717) is 13.2 Å². The molecule has 0 aromatic carbocycles. The minimum atomic E-state index is -1.69. The molecule has 0 atom stereocenters. The molecule has 0 amide bonds. The Morgan fingerprint density at radius 1 is 1.00 bits per heavy atom. The van der Waals surface area contributed by atoms with Gasteiger partial charge in [-0.25, -0.2) is 0 Å². The predicted molar refractivity (Wildman–Crippen MR) is 63.2 cm³/mol.